The van der Waals surface area contributed by atoms with E-state index in [0.717, 1.165) is 6.54 Å². The zero-order valence-electron chi connectivity index (χ0n) is 8.30. The predicted octanol–water partition coefficient (Wildman–Crippen LogP) is 1.30. The molecule has 0 spiro atoms. The zero-order chi connectivity index (χ0) is 10.6. The average molecular weight is 199 g/mol. The molecule has 0 saturated heterocycles. The number of hydrogen-bond acceptors (Lipinski definition) is 3. The number of nitrogens with one attached hydrogen (secondary N) is 1. The molecule has 0 unspecified atom stereocenters. The van der Waals surface area contributed by atoms with Crippen LogP contribution in [0.1, 0.15) is 5.56 Å². The van der Waals surface area contributed by atoms with E-state index >= 15 is 0 Å². The number of phenolic OH excluding ortho intramolecular Hbond substituents is 1. The van der Waals surface area contributed by atoms with Crippen molar-refractivity contribution in [1.29, 1.82) is 0 Å². The van der Waals surface area contributed by atoms with Gasteiger partial charge in [0.25, 0.3) is 0 Å². The Morgan fingerprint density at radius 3 is 2.79 bits per heavy atom. The lowest BCUT2D eigenvalue weighted by atomic mass is 10.1. The number of hydrogen-bond donors (Lipinski definition) is 2. The molecule has 1 rings (SSSR count). The SMILES string of the molecule is CNCCc1ccc(F)c(OC)c1O. The summed E-state index contributed by atoms with van der Waals surface area (Å²) in [5.41, 5.74) is 0.678. The van der Waals surface area contributed by atoms with Crippen molar-refractivity contribution in [1.82, 2.24) is 5.32 Å². The number of aromatic hydroxyl groups is 1. The van der Waals surface area contributed by atoms with Crippen LogP contribution in [0.2, 0.25) is 0 Å². The molecule has 0 saturated carbocycles. The standard InChI is InChI=1S/C10H14FNO2/c1-12-6-5-7-3-4-8(11)10(14-2)9(7)13/h3-4,12-13H,5-6H2,1-2H3. The Morgan fingerprint density at radius 1 is 1.50 bits per heavy atom. The normalized spacial score (nSPS) is 10.2. The van der Waals surface area contributed by atoms with E-state index in [4.69, 9.17) is 4.74 Å². The first-order valence-electron chi connectivity index (χ1n) is 4.39. The molecule has 3 nitrogen and oxygen atoms in total. The molecule has 1 aromatic rings. The Morgan fingerprint density at radius 2 is 2.21 bits per heavy atom. The lowest BCUT2D eigenvalue weighted by Gasteiger charge is -2.09. The van der Waals surface area contributed by atoms with Crippen LogP contribution >= 0.6 is 0 Å². The third-order valence-corrected chi connectivity index (χ3v) is 2.02. The van der Waals surface area contributed by atoms with Gasteiger partial charge in [-0.15, -0.1) is 0 Å². The van der Waals surface area contributed by atoms with E-state index in [1.807, 2.05) is 7.05 Å². The maximum atomic E-state index is 13.1. The summed E-state index contributed by atoms with van der Waals surface area (Å²) >= 11 is 0. The fourth-order valence-corrected chi connectivity index (χ4v) is 1.24. The van der Waals surface area contributed by atoms with Crippen molar-refractivity contribution in [2.24, 2.45) is 0 Å². The van der Waals surface area contributed by atoms with Gasteiger partial charge in [0.2, 0.25) is 0 Å². The van der Waals surface area contributed by atoms with Gasteiger partial charge in [0.1, 0.15) is 0 Å². The summed E-state index contributed by atoms with van der Waals surface area (Å²) in [4.78, 5) is 0. The quantitative estimate of drug-likeness (QED) is 0.768. The lowest BCUT2D eigenvalue weighted by Crippen LogP contribution is -2.10. The van der Waals surface area contributed by atoms with Crippen molar-refractivity contribution in [2.45, 2.75) is 6.42 Å². The smallest absolute Gasteiger partial charge is 0.196 e. The van der Waals surface area contributed by atoms with Gasteiger partial charge in [-0.2, -0.15) is 0 Å². The predicted molar refractivity (Wildman–Crippen MR) is 52.2 cm³/mol. The van der Waals surface area contributed by atoms with Gasteiger partial charge in [-0.05, 0) is 31.6 Å². The largest absolute Gasteiger partial charge is 0.504 e. The third kappa shape index (κ3) is 2.14. The number of phenols is 1. The molecule has 78 valence electrons. The Bertz CT molecular complexity index is 315. The fourth-order valence-electron chi connectivity index (χ4n) is 1.24. The first kappa shape index (κ1) is 10.8. The summed E-state index contributed by atoms with van der Waals surface area (Å²) in [5, 5.41) is 12.6. The number of halogens is 1. The minimum atomic E-state index is -0.543. The van der Waals surface area contributed by atoms with Crippen molar-refractivity contribution in [2.75, 3.05) is 20.7 Å². The molecule has 0 fully saturated rings. The van der Waals surface area contributed by atoms with Crippen molar-refractivity contribution < 1.29 is 14.2 Å². The molecule has 14 heavy (non-hydrogen) atoms. The van der Waals surface area contributed by atoms with E-state index < -0.39 is 5.82 Å². The summed E-state index contributed by atoms with van der Waals surface area (Å²) in [6.45, 7) is 0.725. The van der Waals surface area contributed by atoms with Gasteiger partial charge in [-0.1, -0.05) is 6.07 Å². The lowest BCUT2D eigenvalue weighted by molar-refractivity contribution is 0.348. The summed E-state index contributed by atoms with van der Waals surface area (Å²) in [6.07, 6.45) is 0.638. The zero-order valence-corrected chi connectivity index (χ0v) is 8.30. The molecule has 0 radical (unpaired) electrons. The van der Waals surface area contributed by atoms with Crippen LogP contribution in [0.4, 0.5) is 4.39 Å². The van der Waals surface area contributed by atoms with Crippen molar-refractivity contribution in [3.8, 4) is 11.5 Å². The summed E-state index contributed by atoms with van der Waals surface area (Å²) in [7, 11) is 3.15. The van der Waals surface area contributed by atoms with Crippen LogP contribution in [-0.2, 0) is 6.42 Å². The van der Waals surface area contributed by atoms with Gasteiger partial charge < -0.3 is 15.2 Å². The Kier molecular flexibility index (Phi) is 3.71. The van der Waals surface area contributed by atoms with Crippen LogP contribution in [0.15, 0.2) is 12.1 Å². The number of benzene rings is 1. The topological polar surface area (TPSA) is 41.5 Å². The summed E-state index contributed by atoms with van der Waals surface area (Å²) in [5.74, 6) is -0.737. The molecule has 0 aliphatic heterocycles. The molecule has 2 N–H and O–H groups in total. The van der Waals surface area contributed by atoms with Gasteiger partial charge in [0.05, 0.1) is 7.11 Å². The minimum Gasteiger partial charge on any atom is -0.504 e. The maximum absolute atomic E-state index is 13.1. The van der Waals surface area contributed by atoms with Crippen molar-refractivity contribution >= 4 is 0 Å². The van der Waals surface area contributed by atoms with Crippen molar-refractivity contribution in [3.63, 3.8) is 0 Å². The van der Waals surface area contributed by atoms with Gasteiger partial charge in [0, 0.05) is 0 Å². The van der Waals surface area contributed by atoms with Gasteiger partial charge >= 0.3 is 0 Å². The highest BCUT2D eigenvalue weighted by molar-refractivity contribution is 5.46. The molecule has 0 atom stereocenters. The molecule has 1 aromatic carbocycles. The number of likely N-dealkylation sites (N-methyl/N-ethyl adjacent to an activating group) is 1. The Labute approximate surface area is 82.5 Å². The molecule has 0 aliphatic carbocycles. The van der Waals surface area contributed by atoms with Crippen LogP contribution in [0, 0.1) is 5.82 Å². The van der Waals surface area contributed by atoms with Crippen LogP contribution in [-0.4, -0.2) is 25.8 Å². The minimum absolute atomic E-state index is 0.0846. The van der Waals surface area contributed by atoms with E-state index in [0.29, 0.717) is 12.0 Å². The monoisotopic (exact) mass is 199 g/mol. The fraction of sp³-hybridized carbons (Fsp3) is 0.400. The molecule has 0 heterocycles. The number of ether oxygens (including phenoxy) is 1. The van der Waals surface area contributed by atoms with E-state index in [-0.39, 0.29) is 11.5 Å². The summed E-state index contributed by atoms with van der Waals surface area (Å²) < 4.78 is 17.8. The second-order valence-corrected chi connectivity index (χ2v) is 2.94. The second-order valence-electron chi connectivity index (χ2n) is 2.94. The summed E-state index contributed by atoms with van der Waals surface area (Å²) in [6, 6.07) is 2.86. The first-order valence-corrected chi connectivity index (χ1v) is 4.39. The molecular weight excluding hydrogens is 185 g/mol. The maximum Gasteiger partial charge on any atom is 0.196 e. The van der Waals surface area contributed by atoms with Crippen LogP contribution < -0.4 is 10.1 Å². The molecule has 0 amide bonds. The van der Waals surface area contributed by atoms with Gasteiger partial charge in [0.15, 0.2) is 17.3 Å². The van der Waals surface area contributed by atoms with Gasteiger partial charge in [-0.25, -0.2) is 4.39 Å². The van der Waals surface area contributed by atoms with Gasteiger partial charge in [-0.3, -0.25) is 0 Å². The highest BCUT2D eigenvalue weighted by Crippen LogP contribution is 2.32. The molecule has 0 bridgehead atoms. The average Bonchev–Trinajstić information content (AvgIpc) is 2.18. The van der Waals surface area contributed by atoms with Crippen LogP contribution in [0.25, 0.3) is 0 Å². The Hall–Kier alpha value is -1.29. The number of rotatable bonds is 4. The molecule has 0 aliphatic rings. The highest BCUT2D eigenvalue weighted by atomic mass is 19.1. The Balaban J connectivity index is 2.96. The first-order chi connectivity index (χ1) is 6.70. The second kappa shape index (κ2) is 4.81. The molecule has 0 aromatic heterocycles. The molecular formula is C10H14FNO2. The van der Waals surface area contributed by atoms with Crippen LogP contribution in [0.3, 0.4) is 0 Å². The van der Waals surface area contributed by atoms with E-state index in [2.05, 4.69) is 5.32 Å². The van der Waals surface area contributed by atoms with E-state index in [9.17, 15) is 9.50 Å². The van der Waals surface area contributed by atoms with Crippen molar-refractivity contribution in [3.05, 3.63) is 23.5 Å². The highest BCUT2D eigenvalue weighted by Gasteiger charge is 2.12. The van der Waals surface area contributed by atoms with E-state index in [1.54, 1.807) is 6.07 Å². The third-order valence-electron chi connectivity index (χ3n) is 2.02. The van der Waals surface area contributed by atoms with E-state index in [1.165, 1.54) is 13.2 Å². The number of methoxy groups -OCH3 is 1. The molecule has 4 heteroatoms. The van der Waals surface area contributed by atoms with Crippen LogP contribution in [0.5, 0.6) is 11.5 Å².